The predicted octanol–water partition coefficient (Wildman–Crippen LogP) is 2.27. The molecule has 0 bridgehead atoms. The second-order valence-electron chi connectivity index (χ2n) is 5.95. The average Bonchev–Trinajstić information content (AvgIpc) is 2.48. The summed E-state index contributed by atoms with van der Waals surface area (Å²) in [5.41, 5.74) is 0. The molecule has 0 saturated heterocycles. The number of ether oxygens (including phenoxy) is 1. The van der Waals surface area contributed by atoms with Crippen molar-refractivity contribution in [3.63, 3.8) is 0 Å². The van der Waals surface area contributed by atoms with Crippen molar-refractivity contribution in [2.45, 2.75) is 82.8 Å². The van der Waals surface area contributed by atoms with Gasteiger partial charge in [0.05, 0.1) is 13.0 Å². The molecule has 0 spiro atoms. The molecule has 1 atom stereocenters. The molecule has 7 nitrogen and oxygen atoms in total. The Bertz CT molecular complexity index is 465. The van der Waals surface area contributed by atoms with E-state index in [0.29, 0.717) is 6.42 Å². The van der Waals surface area contributed by atoms with Crippen LogP contribution in [0.5, 0.6) is 0 Å². The third-order valence-electron chi connectivity index (χ3n) is 3.72. The van der Waals surface area contributed by atoms with E-state index in [1.54, 1.807) is 0 Å². The van der Waals surface area contributed by atoms with E-state index >= 15 is 0 Å². The van der Waals surface area contributed by atoms with Crippen LogP contribution in [-0.2, 0) is 24.4 Å². The Kier molecular flexibility index (Phi) is 17.8. The van der Waals surface area contributed by atoms with Gasteiger partial charge in [-0.2, -0.15) is 8.42 Å². The van der Waals surface area contributed by atoms with Gasteiger partial charge < -0.3 is 9.84 Å². The number of unbranched alkanes of at least 4 members (excludes halogenated alkanes) is 9. The Morgan fingerprint density at radius 1 is 0.920 bits per heavy atom. The molecule has 146 valence electrons. The van der Waals surface area contributed by atoms with Gasteiger partial charge in [0.2, 0.25) is 0 Å². The van der Waals surface area contributed by atoms with Gasteiger partial charge in [0.1, 0.15) is 0 Å². The van der Waals surface area contributed by atoms with Crippen LogP contribution in [0.25, 0.3) is 0 Å². The second-order valence-corrected chi connectivity index (χ2v) is 7.55. The molecule has 9 heteroatoms. The Morgan fingerprint density at radius 3 is 1.76 bits per heavy atom. The minimum atomic E-state index is -4.78. The second kappa shape index (κ2) is 16.3. The first-order valence-corrected chi connectivity index (χ1v) is 10.1. The number of esters is 1. The van der Waals surface area contributed by atoms with Gasteiger partial charge in [-0.25, -0.2) is 0 Å². The first-order valence-electron chi connectivity index (χ1n) is 8.63. The van der Waals surface area contributed by atoms with Crippen LogP contribution < -0.4 is 0 Å². The zero-order valence-electron chi connectivity index (χ0n) is 14.4. The Balaban J connectivity index is 0. The van der Waals surface area contributed by atoms with Crippen LogP contribution in [0.4, 0.5) is 0 Å². The molecule has 0 radical (unpaired) electrons. The summed E-state index contributed by atoms with van der Waals surface area (Å²) in [7, 11) is -4.78. The van der Waals surface area contributed by atoms with Gasteiger partial charge in [-0.3, -0.25) is 14.1 Å². The molecule has 0 aromatic carbocycles. The Morgan fingerprint density at radius 2 is 1.36 bits per heavy atom. The Labute approximate surface area is 180 Å². The predicted molar refractivity (Wildman–Crippen MR) is 98.9 cm³/mol. The minimum absolute atomic E-state index is 0. The number of hydrogen-bond acceptors (Lipinski definition) is 5. The maximum absolute atomic E-state index is 11.6. The zero-order chi connectivity index (χ0) is 18.4. The van der Waals surface area contributed by atoms with E-state index < -0.39 is 33.7 Å². The number of carboxylic acid groups (broad SMARTS) is 1. The third kappa shape index (κ3) is 16.0. The maximum atomic E-state index is 11.6. The normalized spacial score (nSPS) is 12.2. The van der Waals surface area contributed by atoms with E-state index in [0.717, 1.165) is 19.3 Å². The summed E-state index contributed by atoms with van der Waals surface area (Å²) in [6, 6.07) is 0. The molecular formula is C16H32CaO7S. The molecule has 25 heavy (non-hydrogen) atoms. The van der Waals surface area contributed by atoms with Crippen molar-refractivity contribution in [2.75, 3.05) is 6.61 Å². The summed E-state index contributed by atoms with van der Waals surface area (Å²) in [5.74, 6) is -2.70. The monoisotopic (exact) mass is 408 g/mol. The van der Waals surface area contributed by atoms with Crippen LogP contribution in [0, 0.1) is 0 Å². The number of carbonyl (C=O) groups excluding carboxylic acids is 1. The quantitative estimate of drug-likeness (QED) is 0.185. The van der Waals surface area contributed by atoms with Gasteiger partial charge in [-0.1, -0.05) is 64.7 Å². The fourth-order valence-electron chi connectivity index (χ4n) is 2.32. The van der Waals surface area contributed by atoms with Crippen LogP contribution in [-0.4, -0.2) is 79.6 Å². The molecule has 1 unspecified atom stereocenters. The average molecular weight is 409 g/mol. The summed E-state index contributed by atoms with van der Waals surface area (Å²) in [6.45, 7) is 2.22. The molecule has 0 saturated carbocycles. The van der Waals surface area contributed by atoms with E-state index in [2.05, 4.69) is 6.92 Å². The van der Waals surface area contributed by atoms with Gasteiger partial charge >= 0.3 is 49.7 Å². The van der Waals surface area contributed by atoms with Crippen LogP contribution in [0.15, 0.2) is 0 Å². The number of hydrogen-bond donors (Lipinski definition) is 2. The fraction of sp³-hybridized carbons (Fsp3) is 0.875. The van der Waals surface area contributed by atoms with Crippen molar-refractivity contribution >= 4 is 59.8 Å². The van der Waals surface area contributed by atoms with E-state index in [-0.39, 0.29) is 44.3 Å². The van der Waals surface area contributed by atoms with Crippen LogP contribution in [0.1, 0.15) is 77.6 Å². The molecule has 0 heterocycles. The molecule has 0 aromatic rings. The van der Waals surface area contributed by atoms with E-state index in [4.69, 9.17) is 14.4 Å². The van der Waals surface area contributed by atoms with Crippen molar-refractivity contribution < 1.29 is 32.4 Å². The summed E-state index contributed by atoms with van der Waals surface area (Å²) in [6.07, 6.45) is 10.1. The standard InChI is InChI=1S/C16H30O7S.Ca.2H/c1-2-3-4-5-6-7-8-9-10-11-12-23-16(19)14(13-15(17)18)24(20,21)22;;;/h14H,2-13H2,1H3,(H,17,18)(H,20,21,22);;;. The topological polar surface area (TPSA) is 118 Å². The van der Waals surface area contributed by atoms with E-state index in [1.807, 2.05) is 0 Å². The van der Waals surface area contributed by atoms with Gasteiger partial charge in [0.25, 0.3) is 10.1 Å². The van der Waals surface area contributed by atoms with Crippen molar-refractivity contribution in [1.29, 1.82) is 0 Å². The number of aliphatic carboxylic acids is 1. The van der Waals surface area contributed by atoms with E-state index in [9.17, 15) is 18.0 Å². The molecule has 0 aromatic heterocycles. The molecule has 0 amide bonds. The molecule has 0 fully saturated rings. The fourth-order valence-corrected chi connectivity index (χ4v) is 2.99. The van der Waals surface area contributed by atoms with Crippen LogP contribution >= 0.6 is 0 Å². The first-order chi connectivity index (χ1) is 11.3. The molecule has 0 aliphatic rings. The van der Waals surface area contributed by atoms with Crippen molar-refractivity contribution in [2.24, 2.45) is 0 Å². The summed E-state index contributed by atoms with van der Waals surface area (Å²) in [4.78, 5) is 22.1. The zero-order valence-corrected chi connectivity index (χ0v) is 15.2. The summed E-state index contributed by atoms with van der Waals surface area (Å²) < 4.78 is 35.6. The number of rotatable bonds is 15. The van der Waals surface area contributed by atoms with Gasteiger partial charge in [0, 0.05) is 0 Å². The molecular weight excluding hydrogens is 376 g/mol. The molecule has 0 aliphatic heterocycles. The van der Waals surface area contributed by atoms with Crippen molar-refractivity contribution in [1.82, 2.24) is 0 Å². The van der Waals surface area contributed by atoms with Gasteiger partial charge in [-0.15, -0.1) is 0 Å². The molecule has 2 N–H and O–H groups in total. The Hall–Kier alpha value is 0.110. The summed E-state index contributed by atoms with van der Waals surface area (Å²) in [5, 5.41) is 6.52. The van der Waals surface area contributed by atoms with Crippen LogP contribution in [0.3, 0.4) is 0 Å². The summed E-state index contributed by atoms with van der Waals surface area (Å²) >= 11 is 0. The van der Waals surface area contributed by atoms with Crippen LogP contribution in [0.2, 0.25) is 0 Å². The SMILES string of the molecule is CCCCCCCCCCCCOC(=O)C(CC(=O)O)S(=O)(=O)O.[CaH2]. The molecule has 0 aliphatic carbocycles. The number of carbonyl (C=O) groups is 2. The third-order valence-corrected chi connectivity index (χ3v) is 4.80. The first kappa shape index (κ1) is 27.3. The van der Waals surface area contributed by atoms with Crippen molar-refractivity contribution in [3.05, 3.63) is 0 Å². The van der Waals surface area contributed by atoms with Crippen molar-refractivity contribution in [3.8, 4) is 0 Å². The number of carboxylic acids is 1. The van der Waals surface area contributed by atoms with Gasteiger partial charge in [-0.05, 0) is 6.42 Å². The molecule has 0 rings (SSSR count). The van der Waals surface area contributed by atoms with Gasteiger partial charge in [0.15, 0.2) is 5.25 Å². The van der Waals surface area contributed by atoms with E-state index in [1.165, 1.54) is 38.5 Å².